The summed E-state index contributed by atoms with van der Waals surface area (Å²) in [6.45, 7) is 1.52. The smallest absolute Gasteiger partial charge is 0.419 e. The number of benzene rings is 1. The van der Waals surface area contributed by atoms with Crippen molar-refractivity contribution >= 4 is 58.2 Å². The van der Waals surface area contributed by atoms with Gasteiger partial charge in [0.2, 0.25) is 0 Å². The highest BCUT2D eigenvalue weighted by atomic mass is 35.5. The van der Waals surface area contributed by atoms with Gasteiger partial charge in [-0.15, -0.1) is 17.8 Å². The average Bonchev–Trinajstić information content (AvgIpc) is 3.27. The van der Waals surface area contributed by atoms with Crippen molar-refractivity contribution in [2.45, 2.75) is 38.7 Å². The van der Waals surface area contributed by atoms with Crippen LogP contribution in [0.25, 0.3) is 0 Å². The van der Waals surface area contributed by atoms with E-state index in [4.69, 9.17) is 34.4 Å². The van der Waals surface area contributed by atoms with Crippen LogP contribution in [0, 0.1) is 18.2 Å². The molecule has 0 radical (unpaired) electrons. The third kappa shape index (κ3) is 6.97. The van der Waals surface area contributed by atoms with E-state index in [1.807, 2.05) is 17.5 Å². The van der Waals surface area contributed by atoms with Crippen molar-refractivity contribution < 1.29 is 33.7 Å². The molecule has 1 aliphatic rings. The van der Waals surface area contributed by atoms with Gasteiger partial charge in [-0.3, -0.25) is 4.79 Å². The molecule has 2 aromatic rings. The number of carbonyl (C=O) groups is 3. The molecule has 0 fully saturated rings. The number of carbonyl (C=O) groups excluding carboxylic acids is 1. The first-order chi connectivity index (χ1) is 16.1. The number of terminal acetylenes is 1. The Morgan fingerprint density at radius 3 is 2.32 bits per heavy atom. The molecule has 1 atom stereocenters. The number of aliphatic carboxylic acids is 1. The van der Waals surface area contributed by atoms with Gasteiger partial charge < -0.3 is 14.9 Å². The van der Waals surface area contributed by atoms with Crippen molar-refractivity contribution in [3.8, 4) is 18.1 Å². The van der Waals surface area contributed by atoms with Crippen molar-refractivity contribution in [3.63, 3.8) is 0 Å². The van der Waals surface area contributed by atoms with Crippen LogP contribution in [0.1, 0.15) is 32.6 Å². The number of amides is 2. The van der Waals surface area contributed by atoms with E-state index in [9.17, 15) is 29.0 Å². The van der Waals surface area contributed by atoms with E-state index < -0.39 is 35.6 Å². The second-order valence-corrected chi connectivity index (χ2v) is 8.96. The van der Waals surface area contributed by atoms with E-state index in [0.29, 0.717) is 12.8 Å². The Hall–Kier alpha value is -3.06. The Labute approximate surface area is 209 Å². The van der Waals surface area contributed by atoms with Crippen LogP contribution in [-0.2, 0) is 9.59 Å². The quantitative estimate of drug-likeness (QED) is 0.445. The molecule has 1 aliphatic carbocycles. The van der Waals surface area contributed by atoms with Crippen LogP contribution in [0.2, 0.25) is 9.36 Å². The number of carboxylic acids is 1. The van der Waals surface area contributed by atoms with Gasteiger partial charge in [-0.25, -0.2) is 18.9 Å². The van der Waals surface area contributed by atoms with Crippen LogP contribution < -0.4 is 9.64 Å². The fourth-order valence-electron chi connectivity index (χ4n) is 3.07. The minimum absolute atomic E-state index is 0.0803. The summed E-state index contributed by atoms with van der Waals surface area (Å²) in [4.78, 5) is 36.1. The normalized spacial score (nSPS) is 13.7. The second kappa shape index (κ2) is 12.4. The van der Waals surface area contributed by atoms with Gasteiger partial charge in [-0.2, -0.15) is 0 Å². The van der Waals surface area contributed by atoms with Gasteiger partial charge in [-0.1, -0.05) is 29.1 Å². The summed E-state index contributed by atoms with van der Waals surface area (Å²) in [7, 11) is 0. The SMILES string of the molecule is C#CC(C)Oc1cc(N(C(=O)O)C(=O)C2=C(C(=O)O)CCCC2)c(F)cc1Cl.Clc1cccs1. The summed E-state index contributed by atoms with van der Waals surface area (Å²) in [5.41, 5.74) is -0.979. The van der Waals surface area contributed by atoms with Crippen LogP contribution in [0.3, 0.4) is 0 Å². The third-order valence-electron chi connectivity index (χ3n) is 4.65. The van der Waals surface area contributed by atoms with Crippen molar-refractivity contribution in [2.75, 3.05) is 4.90 Å². The highest BCUT2D eigenvalue weighted by molar-refractivity contribution is 7.14. The Balaban J connectivity index is 0.000000589. The molecular weight excluding hydrogens is 508 g/mol. The fraction of sp³-hybridized carbons (Fsp3) is 0.261. The predicted octanol–water partition coefficient (Wildman–Crippen LogP) is 6.25. The van der Waals surface area contributed by atoms with E-state index in [-0.39, 0.29) is 39.7 Å². The molecule has 2 N–H and O–H groups in total. The summed E-state index contributed by atoms with van der Waals surface area (Å²) in [5.74, 6) is -1.36. The number of carboxylic acid groups (broad SMARTS) is 2. The maximum atomic E-state index is 14.5. The lowest BCUT2D eigenvalue weighted by Crippen LogP contribution is -2.39. The summed E-state index contributed by atoms with van der Waals surface area (Å²) in [6.07, 6.45) is 3.98. The molecule has 1 unspecified atom stereocenters. The largest absolute Gasteiger partial charge is 0.478 e. The van der Waals surface area contributed by atoms with E-state index in [1.54, 1.807) is 11.3 Å². The Kier molecular flexibility index (Phi) is 9.93. The molecule has 1 heterocycles. The molecule has 0 bridgehead atoms. The monoisotopic (exact) mass is 527 g/mol. The van der Waals surface area contributed by atoms with Crippen LogP contribution >= 0.6 is 34.5 Å². The van der Waals surface area contributed by atoms with Gasteiger partial charge in [-0.05, 0) is 56.2 Å². The van der Waals surface area contributed by atoms with Crippen LogP contribution in [0.5, 0.6) is 5.75 Å². The number of rotatable bonds is 5. The van der Waals surface area contributed by atoms with Crippen LogP contribution in [0.15, 0.2) is 40.8 Å². The highest BCUT2D eigenvalue weighted by Gasteiger charge is 2.33. The van der Waals surface area contributed by atoms with E-state index in [2.05, 4.69) is 5.92 Å². The molecule has 0 saturated heterocycles. The summed E-state index contributed by atoms with van der Waals surface area (Å²) in [6, 6.07) is 5.53. The van der Waals surface area contributed by atoms with Crippen molar-refractivity contribution in [1.82, 2.24) is 0 Å². The number of imide groups is 1. The number of hydrogen-bond acceptors (Lipinski definition) is 5. The molecule has 34 heavy (non-hydrogen) atoms. The number of hydrogen-bond donors (Lipinski definition) is 2. The molecule has 180 valence electrons. The zero-order chi connectivity index (χ0) is 25.4. The molecule has 3 rings (SSSR count). The van der Waals surface area contributed by atoms with E-state index >= 15 is 0 Å². The number of nitrogens with zero attached hydrogens (tertiary/aromatic N) is 1. The first-order valence-corrected chi connectivity index (χ1v) is 11.5. The van der Waals surface area contributed by atoms with Crippen LogP contribution in [-0.4, -0.2) is 34.3 Å². The zero-order valence-corrected chi connectivity index (χ0v) is 20.2. The van der Waals surface area contributed by atoms with Crippen molar-refractivity contribution in [3.05, 3.63) is 56.0 Å². The van der Waals surface area contributed by atoms with Gasteiger partial charge in [0.1, 0.15) is 11.6 Å². The Morgan fingerprint density at radius 1 is 1.21 bits per heavy atom. The molecule has 2 amide bonds. The molecule has 0 spiro atoms. The molecule has 0 saturated carbocycles. The Morgan fingerprint density at radius 2 is 1.85 bits per heavy atom. The standard InChI is InChI=1S/C19H17ClFNO6.C4H3ClS/c1-3-10(2)28-16-9-15(14(21)8-13(16)20)22(19(26)27)17(23)11-6-4-5-7-12(11)18(24)25;5-4-2-1-3-6-4/h1,8-10H,4-7H2,2H3,(H,24,25)(H,26,27);1-3H. The lowest BCUT2D eigenvalue weighted by Gasteiger charge is -2.24. The summed E-state index contributed by atoms with van der Waals surface area (Å²) < 4.78 is 20.7. The lowest BCUT2D eigenvalue weighted by molar-refractivity contribution is -0.133. The minimum atomic E-state index is -1.77. The summed E-state index contributed by atoms with van der Waals surface area (Å²) >= 11 is 12.9. The van der Waals surface area contributed by atoms with E-state index in [0.717, 1.165) is 16.5 Å². The van der Waals surface area contributed by atoms with Gasteiger partial charge in [0, 0.05) is 17.2 Å². The fourth-order valence-corrected chi connectivity index (χ4v) is 3.94. The van der Waals surface area contributed by atoms with E-state index in [1.165, 1.54) is 6.92 Å². The topological polar surface area (TPSA) is 104 Å². The first kappa shape index (κ1) is 27.2. The number of anilines is 1. The lowest BCUT2D eigenvalue weighted by atomic mass is 9.90. The summed E-state index contributed by atoms with van der Waals surface area (Å²) in [5, 5.41) is 20.6. The second-order valence-electron chi connectivity index (χ2n) is 6.97. The van der Waals surface area contributed by atoms with Gasteiger partial charge >= 0.3 is 12.1 Å². The van der Waals surface area contributed by atoms with Gasteiger partial charge in [0.15, 0.2) is 6.10 Å². The average molecular weight is 528 g/mol. The van der Waals surface area contributed by atoms with Crippen molar-refractivity contribution in [2.24, 2.45) is 0 Å². The first-order valence-electron chi connectivity index (χ1n) is 9.90. The molecule has 7 nitrogen and oxygen atoms in total. The van der Waals surface area contributed by atoms with Gasteiger partial charge in [0.05, 0.1) is 15.0 Å². The minimum Gasteiger partial charge on any atom is -0.478 e. The molecule has 1 aromatic carbocycles. The number of halogens is 3. The van der Waals surface area contributed by atoms with Crippen molar-refractivity contribution in [1.29, 1.82) is 0 Å². The predicted molar refractivity (Wildman–Crippen MR) is 128 cm³/mol. The molecular formula is C23H20Cl2FNO6S. The Bertz CT molecular complexity index is 1140. The molecule has 0 aliphatic heterocycles. The molecule has 1 aromatic heterocycles. The maximum absolute atomic E-state index is 14.5. The number of ether oxygens (including phenoxy) is 1. The molecule has 11 heteroatoms. The zero-order valence-electron chi connectivity index (χ0n) is 17.9. The van der Waals surface area contributed by atoms with Gasteiger partial charge in [0.25, 0.3) is 5.91 Å². The van der Waals surface area contributed by atoms with Crippen LogP contribution in [0.4, 0.5) is 14.9 Å². The number of thiophene rings is 1. The third-order valence-corrected chi connectivity index (χ3v) is 5.99. The highest BCUT2D eigenvalue weighted by Crippen LogP contribution is 2.35. The maximum Gasteiger partial charge on any atom is 0.419 e.